The maximum absolute atomic E-state index is 12.7. The minimum Gasteiger partial charge on any atom is -0.444 e. The maximum atomic E-state index is 12.7. The normalized spacial score (nSPS) is 18.7. The molecule has 3 heterocycles. The highest BCUT2D eigenvalue weighted by molar-refractivity contribution is 6.30. The lowest BCUT2D eigenvalue weighted by molar-refractivity contribution is 0.0118. The summed E-state index contributed by atoms with van der Waals surface area (Å²) in [6.45, 7) is 8.20. The van der Waals surface area contributed by atoms with Gasteiger partial charge in [-0.1, -0.05) is 23.7 Å². The molecule has 200 valence electrons. The molecule has 2 atom stereocenters. The molecule has 1 amide bonds. The number of nitrogens with zero attached hydrogens (tertiary/aromatic N) is 5. The summed E-state index contributed by atoms with van der Waals surface area (Å²) < 4.78 is 13.7. The molecule has 38 heavy (non-hydrogen) atoms. The molecule has 0 unspecified atom stereocenters. The van der Waals surface area contributed by atoms with Crippen LogP contribution in [-0.4, -0.2) is 69.3 Å². The number of aryl methyl sites for hydroxylation is 1. The Balaban J connectivity index is 1.55. The van der Waals surface area contributed by atoms with Gasteiger partial charge in [0, 0.05) is 51.6 Å². The Kier molecular flexibility index (Phi) is 7.31. The molecule has 0 radical (unpaired) electrons. The Morgan fingerprint density at radius 3 is 2.58 bits per heavy atom. The molecule has 1 saturated heterocycles. The van der Waals surface area contributed by atoms with Gasteiger partial charge in [-0.2, -0.15) is 0 Å². The number of ether oxygens (including phenoxy) is 2. The van der Waals surface area contributed by atoms with Crippen molar-refractivity contribution in [1.82, 2.24) is 24.3 Å². The monoisotopic (exact) mass is 535 g/mol. The smallest absolute Gasteiger partial charge is 0.410 e. The number of halogens is 1. The Morgan fingerprint density at radius 1 is 1.16 bits per heavy atom. The van der Waals surface area contributed by atoms with Crippen molar-refractivity contribution in [2.24, 2.45) is 7.05 Å². The van der Waals surface area contributed by atoms with Crippen molar-refractivity contribution in [2.75, 3.05) is 33.3 Å². The van der Waals surface area contributed by atoms with E-state index in [2.05, 4.69) is 28.1 Å². The predicted octanol–water partition coefficient (Wildman–Crippen LogP) is 5.35. The topological polar surface area (TPSA) is 72.7 Å². The molecule has 0 spiro atoms. The Hall–Kier alpha value is -3.20. The Bertz CT molecular complexity index is 1350. The summed E-state index contributed by atoms with van der Waals surface area (Å²) in [5, 5.41) is 0.655. The van der Waals surface area contributed by atoms with Crippen LogP contribution >= 0.6 is 11.6 Å². The van der Waals surface area contributed by atoms with Crippen LogP contribution in [0.2, 0.25) is 5.02 Å². The fourth-order valence-corrected chi connectivity index (χ4v) is 5.46. The van der Waals surface area contributed by atoms with Gasteiger partial charge in [0.25, 0.3) is 0 Å². The number of amides is 1. The van der Waals surface area contributed by atoms with Gasteiger partial charge in [-0.15, -0.1) is 0 Å². The second-order valence-corrected chi connectivity index (χ2v) is 11.2. The number of fused-ring (bicyclic) bond motifs is 2. The second-order valence-electron chi connectivity index (χ2n) is 10.8. The van der Waals surface area contributed by atoms with E-state index in [0.717, 1.165) is 33.7 Å². The van der Waals surface area contributed by atoms with E-state index in [0.29, 0.717) is 31.2 Å². The molecule has 2 aliphatic rings. The first-order valence-electron chi connectivity index (χ1n) is 12.8. The molecule has 0 bridgehead atoms. The lowest BCUT2D eigenvalue weighted by atomic mass is 9.91. The van der Waals surface area contributed by atoms with Crippen LogP contribution in [0.4, 0.5) is 4.79 Å². The SMILES string of the molecule is CO[C@H](C1=Cc2cccnc2[C@@H](N2CCN(C(=O)OC(C)(C)C)CC2)c2ccc(Cl)cc21)c1cncn1C. The van der Waals surface area contributed by atoms with Gasteiger partial charge in [0.1, 0.15) is 11.7 Å². The largest absolute Gasteiger partial charge is 0.444 e. The number of benzene rings is 1. The summed E-state index contributed by atoms with van der Waals surface area (Å²) in [6, 6.07) is 9.98. The third-order valence-corrected chi connectivity index (χ3v) is 7.27. The number of hydrogen-bond donors (Lipinski definition) is 0. The van der Waals surface area contributed by atoms with Crippen LogP contribution in [-0.2, 0) is 16.5 Å². The number of aromatic nitrogens is 3. The van der Waals surface area contributed by atoms with Crippen LogP contribution in [0.25, 0.3) is 11.6 Å². The van der Waals surface area contributed by atoms with Crippen molar-refractivity contribution < 1.29 is 14.3 Å². The molecule has 2 aromatic heterocycles. The second kappa shape index (κ2) is 10.5. The van der Waals surface area contributed by atoms with Gasteiger partial charge in [0.15, 0.2) is 0 Å². The molecule has 0 N–H and O–H groups in total. The zero-order valence-corrected chi connectivity index (χ0v) is 23.3. The van der Waals surface area contributed by atoms with Crippen LogP contribution < -0.4 is 0 Å². The lowest BCUT2D eigenvalue weighted by Gasteiger charge is -2.40. The molecule has 9 heteroatoms. The van der Waals surface area contributed by atoms with Crippen molar-refractivity contribution in [3.63, 3.8) is 0 Å². The third-order valence-electron chi connectivity index (χ3n) is 7.03. The van der Waals surface area contributed by atoms with Crippen molar-refractivity contribution in [3.05, 3.63) is 82.2 Å². The lowest BCUT2D eigenvalue weighted by Crippen LogP contribution is -2.51. The quantitative estimate of drug-likeness (QED) is 0.448. The van der Waals surface area contributed by atoms with E-state index in [9.17, 15) is 4.79 Å². The van der Waals surface area contributed by atoms with E-state index < -0.39 is 5.60 Å². The molecule has 0 saturated carbocycles. The summed E-state index contributed by atoms with van der Waals surface area (Å²) in [6.07, 6.45) is 6.99. The fourth-order valence-electron chi connectivity index (χ4n) is 5.29. The van der Waals surface area contributed by atoms with Crippen molar-refractivity contribution in [1.29, 1.82) is 0 Å². The van der Waals surface area contributed by atoms with Gasteiger partial charge in [0.05, 0.1) is 30.0 Å². The molecular formula is C29H34ClN5O3. The number of hydrogen-bond acceptors (Lipinski definition) is 6. The number of piperazine rings is 1. The number of pyridine rings is 1. The first-order chi connectivity index (χ1) is 18.2. The number of carbonyl (C=O) groups excluding carboxylic acids is 1. The fraction of sp³-hybridized carbons (Fsp3) is 0.414. The summed E-state index contributed by atoms with van der Waals surface area (Å²) >= 11 is 6.58. The van der Waals surface area contributed by atoms with Gasteiger partial charge < -0.3 is 18.9 Å². The average Bonchev–Trinajstić information content (AvgIpc) is 3.24. The highest BCUT2D eigenvalue weighted by atomic mass is 35.5. The minimum absolute atomic E-state index is 0.114. The van der Waals surface area contributed by atoms with E-state index in [1.165, 1.54) is 0 Å². The molecular weight excluding hydrogens is 502 g/mol. The Labute approximate surface area is 228 Å². The highest BCUT2D eigenvalue weighted by Crippen LogP contribution is 2.45. The van der Waals surface area contributed by atoms with E-state index >= 15 is 0 Å². The van der Waals surface area contributed by atoms with E-state index in [1.807, 2.05) is 63.0 Å². The average molecular weight is 536 g/mol. The van der Waals surface area contributed by atoms with Gasteiger partial charge in [-0.3, -0.25) is 9.88 Å². The molecule has 3 aromatic rings. The molecule has 8 nitrogen and oxygen atoms in total. The first-order valence-corrected chi connectivity index (χ1v) is 13.2. The number of carbonyl (C=O) groups is 1. The summed E-state index contributed by atoms with van der Waals surface area (Å²) in [5.74, 6) is 0. The summed E-state index contributed by atoms with van der Waals surface area (Å²) in [7, 11) is 3.68. The number of imidazole rings is 1. The molecule has 1 aliphatic carbocycles. The third kappa shape index (κ3) is 5.21. The van der Waals surface area contributed by atoms with E-state index in [-0.39, 0.29) is 18.2 Å². The van der Waals surface area contributed by atoms with Crippen LogP contribution in [0.15, 0.2) is 49.1 Å². The van der Waals surface area contributed by atoms with Crippen LogP contribution in [0, 0.1) is 0 Å². The van der Waals surface area contributed by atoms with Crippen molar-refractivity contribution in [2.45, 2.75) is 38.5 Å². The highest BCUT2D eigenvalue weighted by Gasteiger charge is 2.36. The number of rotatable bonds is 4. The standard InChI is InChI=1S/C29H34ClN5O3/c1-29(2,3)38-28(36)35-13-11-34(12-14-35)26-21-9-8-20(30)16-22(21)23(15-19-7-6-10-32-25(19)26)27(37-5)24-17-31-18-33(24)4/h6-10,15-18,26-27H,11-14H2,1-5H3/t26-,27+/m0/s1. The number of methoxy groups -OCH3 is 1. The maximum Gasteiger partial charge on any atom is 0.410 e. The van der Waals surface area contributed by atoms with E-state index in [1.54, 1.807) is 18.3 Å². The molecule has 1 aliphatic heterocycles. The van der Waals surface area contributed by atoms with Gasteiger partial charge in [0.2, 0.25) is 0 Å². The van der Waals surface area contributed by atoms with Crippen molar-refractivity contribution in [3.8, 4) is 0 Å². The Morgan fingerprint density at radius 2 is 1.92 bits per heavy atom. The van der Waals surface area contributed by atoms with Gasteiger partial charge in [-0.05, 0) is 67.3 Å². The predicted molar refractivity (Wildman–Crippen MR) is 148 cm³/mol. The van der Waals surface area contributed by atoms with Crippen LogP contribution in [0.3, 0.4) is 0 Å². The van der Waals surface area contributed by atoms with Crippen LogP contribution in [0.5, 0.6) is 0 Å². The summed E-state index contributed by atoms with van der Waals surface area (Å²) in [5.41, 5.74) is 5.54. The van der Waals surface area contributed by atoms with Crippen LogP contribution in [0.1, 0.15) is 61.0 Å². The zero-order chi connectivity index (χ0) is 27.0. The minimum atomic E-state index is -0.523. The van der Waals surface area contributed by atoms with Gasteiger partial charge in [-0.25, -0.2) is 9.78 Å². The first kappa shape index (κ1) is 26.4. The van der Waals surface area contributed by atoms with Crippen molar-refractivity contribution >= 4 is 29.3 Å². The summed E-state index contributed by atoms with van der Waals surface area (Å²) in [4.78, 5) is 26.1. The zero-order valence-electron chi connectivity index (χ0n) is 22.5. The van der Waals surface area contributed by atoms with Gasteiger partial charge >= 0.3 is 6.09 Å². The van der Waals surface area contributed by atoms with E-state index in [4.69, 9.17) is 26.1 Å². The molecule has 1 fully saturated rings. The molecule has 1 aromatic carbocycles. The molecule has 5 rings (SSSR count).